The number of methoxy groups -OCH3 is 1. The molecule has 0 saturated heterocycles. The number of hydrogen-bond acceptors (Lipinski definition) is 5. The van der Waals surface area contributed by atoms with Crippen LogP contribution >= 0.6 is 11.8 Å². The van der Waals surface area contributed by atoms with Crippen molar-refractivity contribution in [2.75, 3.05) is 12.9 Å². The molecule has 7 heteroatoms. The molecule has 0 aliphatic heterocycles. The van der Waals surface area contributed by atoms with Crippen LogP contribution in [-0.2, 0) is 0 Å². The lowest BCUT2D eigenvalue weighted by Crippen LogP contribution is -2.21. The van der Waals surface area contributed by atoms with Crippen LogP contribution in [0.25, 0.3) is 28.4 Å². The number of nitrogens with zero attached hydrogens (tertiary/aromatic N) is 4. The van der Waals surface area contributed by atoms with Gasteiger partial charge in [-0.1, -0.05) is 66.4 Å². The van der Waals surface area contributed by atoms with Gasteiger partial charge in [0.05, 0.1) is 23.7 Å². The Hall–Kier alpha value is -3.84. The molecule has 0 saturated carbocycles. The summed E-state index contributed by atoms with van der Waals surface area (Å²) >= 11 is 1.57. The van der Waals surface area contributed by atoms with Gasteiger partial charge in [-0.2, -0.15) is 0 Å². The Kier molecular flexibility index (Phi) is 5.47. The van der Waals surface area contributed by atoms with Crippen LogP contribution in [0.3, 0.4) is 0 Å². The molecule has 0 N–H and O–H groups in total. The molecule has 0 aliphatic rings. The first kappa shape index (κ1) is 20.1. The third-order valence-electron chi connectivity index (χ3n) is 5.14. The van der Waals surface area contributed by atoms with E-state index in [-0.39, 0.29) is 5.56 Å². The minimum atomic E-state index is -0.133. The van der Waals surface area contributed by atoms with E-state index in [9.17, 15) is 4.79 Å². The highest BCUT2D eigenvalue weighted by Crippen LogP contribution is 2.24. The molecule has 2 aromatic heterocycles. The number of thioether (sulfide) groups is 1. The lowest BCUT2D eigenvalue weighted by atomic mass is 10.2. The summed E-state index contributed by atoms with van der Waals surface area (Å²) < 4.78 is 8.80. The van der Waals surface area contributed by atoms with Gasteiger partial charge in [-0.25, -0.2) is 4.57 Å². The van der Waals surface area contributed by atoms with Crippen molar-refractivity contribution in [1.29, 1.82) is 0 Å². The predicted molar refractivity (Wildman–Crippen MR) is 129 cm³/mol. The standard InChI is InChI=1S/C25H20N4O2S/c1-31-20-15-13-19(14-16-20)28-23(30)21-11-5-6-12-22(21)29-24(28)26-27-25(29)32-17-7-10-18-8-3-2-4-9-18/h2-16H,17H2,1H3. The molecule has 6 nitrogen and oxygen atoms in total. The van der Waals surface area contributed by atoms with Gasteiger partial charge < -0.3 is 4.74 Å². The zero-order chi connectivity index (χ0) is 21.9. The fraction of sp³-hybridized carbons (Fsp3) is 0.0800. The minimum Gasteiger partial charge on any atom is -0.497 e. The zero-order valence-electron chi connectivity index (χ0n) is 17.4. The van der Waals surface area contributed by atoms with Crippen LogP contribution in [0.4, 0.5) is 0 Å². The maximum absolute atomic E-state index is 13.4. The number of ether oxygens (including phenoxy) is 1. The first-order chi connectivity index (χ1) is 15.8. The summed E-state index contributed by atoms with van der Waals surface area (Å²) in [5.41, 5.74) is 2.51. The number of benzene rings is 3. The van der Waals surface area contributed by atoms with Crippen molar-refractivity contribution in [2.24, 2.45) is 0 Å². The van der Waals surface area contributed by atoms with Crippen molar-refractivity contribution in [3.63, 3.8) is 0 Å². The number of fused-ring (bicyclic) bond motifs is 3. The quantitative estimate of drug-likeness (QED) is 0.353. The van der Waals surface area contributed by atoms with Gasteiger partial charge in [0, 0.05) is 5.75 Å². The van der Waals surface area contributed by atoms with Gasteiger partial charge in [0.25, 0.3) is 5.56 Å². The molecule has 5 rings (SSSR count). The molecule has 0 unspecified atom stereocenters. The van der Waals surface area contributed by atoms with Crippen molar-refractivity contribution >= 4 is 34.5 Å². The monoisotopic (exact) mass is 440 g/mol. The molecular weight excluding hydrogens is 420 g/mol. The van der Waals surface area contributed by atoms with Crippen LogP contribution < -0.4 is 10.3 Å². The molecule has 0 spiro atoms. The van der Waals surface area contributed by atoms with E-state index in [2.05, 4.69) is 34.5 Å². The van der Waals surface area contributed by atoms with Gasteiger partial charge in [-0.15, -0.1) is 10.2 Å². The van der Waals surface area contributed by atoms with Crippen molar-refractivity contribution < 1.29 is 4.74 Å². The van der Waals surface area contributed by atoms with E-state index in [4.69, 9.17) is 4.74 Å². The number of rotatable bonds is 6. The first-order valence-corrected chi connectivity index (χ1v) is 11.1. The van der Waals surface area contributed by atoms with Crippen LogP contribution in [0.1, 0.15) is 5.56 Å². The Morgan fingerprint density at radius 3 is 2.47 bits per heavy atom. The van der Waals surface area contributed by atoms with Crippen LogP contribution in [0.5, 0.6) is 5.75 Å². The van der Waals surface area contributed by atoms with Gasteiger partial charge in [0.1, 0.15) is 5.75 Å². The van der Waals surface area contributed by atoms with Crippen molar-refractivity contribution in [3.05, 3.63) is 101 Å². The largest absolute Gasteiger partial charge is 0.497 e. The molecule has 158 valence electrons. The maximum Gasteiger partial charge on any atom is 0.267 e. The van der Waals surface area contributed by atoms with E-state index in [1.165, 1.54) is 0 Å². The van der Waals surface area contributed by atoms with E-state index in [0.29, 0.717) is 16.9 Å². The van der Waals surface area contributed by atoms with Gasteiger partial charge in [0.15, 0.2) is 5.16 Å². The Balaban J connectivity index is 1.59. The van der Waals surface area contributed by atoms with Crippen molar-refractivity contribution in [3.8, 4) is 11.4 Å². The average Bonchev–Trinajstić information content (AvgIpc) is 3.27. The fourth-order valence-electron chi connectivity index (χ4n) is 3.61. The molecule has 32 heavy (non-hydrogen) atoms. The summed E-state index contributed by atoms with van der Waals surface area (Å²) in [7, 11) is 1.61. The molecule has 0 radical (unpaired) electrons. The highest BCUT2D eigenvalue weighted by molar-refractivity contribution is 7.99. The van der Waals surface area contributed by atoms with Gasteiger partial charge in [-0.05, 0) is 42.0 Å². The molecular formula is C25H20N4O2S. The van der Waals surface area contributed by atoms with Crippen LogP contribution in [0, 0.1) is 0 Å². The van der Waals surface area contributed by atoms with E-state index in [0.717, 1.165) is 27.7 Å². The second kappa shape index (κ2) is 8.72. The number of hydrogen-bond donors (Lipinski definition) is 0. The third-order valence-corrected chi connectivity index (χ3v) is 6.03. The lowest BCUT2D eigenvalue weighted by molar-refractivity contribution is 0.414. The van der Waals surface area contributed by atoms with E-state index in [1.807, 2.05) is 71.1 Å². The van der Waals surface area contributed by atoms with Gasteiger partial charge in [0.2, 0.25) is 5.78 Å². The second-order valence-electron chi connectivity index (χ2n) is 7.10. The molecule has 0 amide bonds. The predicted octanol–water partition coefficient (Wildman–Crippen LogP) is 4.85. The zero-order valence-corrected chi connectivity index (χ0v) is 18.2. The summed E-state index contributed by atoms with van der Waals surface area (Å²) in [5, 5.41) is 10.1. The van der Waals surface area contributed by atoms with Crippen LogP contribution in [0.15, 0.2) is 94.9 Å². The molecule has 0 atom stereocenters. The number of aromatic nitrogens is 4. The topological polar surface area (TPSA) is 61.4 Å². The summed E-state index contributed by atoms with van der Waals surface area (Å²) in [4.78, 5) is 13.4. The normalized spacial score (nSPS) is 11.5. The van der Waals surface area contributed by atoms with Crippen LogP contribution in [-0.4, -0.2) is 32.0 Å². The summed E-state index contributed by atoms with van der Waals surface area (Å²) in [5.74, 6) is 1.93. The summed E-state index contributed by atoms with van der Waals surface area (Å²) in [6.07, 6.45) is 4.18. The summed E-state index contributed by atoms with van der Waals surface area (Å²) in [6.45, 7) is 0. The molecule has 5 aromatic rings. The SMILES string of the molecule is COc1ccc(-n2c(=O)c3ccccc3n3c(SCC=Cc4ccccc4)nnc23)cc1. The van der Waals surface area contributed by atoms with Crippen molar-refractivity contribution in [1.82, 2.24) is 19.2 Å². The Morgan fingerprint density at radius 2 is 1.69 bits per heavy atom. The first-order valence-electron chi connectivity index (χ1n) is 10.1. The van der Waals surface area contributed by atoms with Gasteiger partial charge >= 0.3 is 0 Å². The maximum atomic E-state index is 13.4. The van der Waals surface area contributed by atoms with Crippen molar-refractivity contribution in [2.45, 2.75) is 5.16 Å². The molecule has 0 fully saturated rings. The number of para-hydroxylation sites is 1. The third kappa shape index (κ3) is 3.67. The Labute approximate surface area is 188 Å². The Morgan fingerprint density at radius 1 is 0.938 bits per heavy atom. The van der Waals surface area contributed by atoms with Crippen LogP contribution in [0.2, 0.25) is 0 Å². The van der Waals surface area contributed by atoms with E-state index in [1.54, 1.807) is 23.4 Å². The molecule has 0 bridgehead atoms. The van der Waals surface area contributed by atoms with E-state index < -0.39 is 0 Å². The highest BCUT2D eigenvalue weighted by Gasteiger charge is 2.17. The Bertz CT molecular complexity index is 1470. The molecule has 3 aromatic carbocycles. The smallest absolute Gasteiger partial charge is 0.267 e. The average molecular weight is 441 g/mol. The second-order valence-corrected chi connectivity index (χ2v) is 8.08. The molecule has 2 heterocycles. The minimum absolute atomic E-state index is 0.133. The summed E-state index contributed by atoms with van der Waals surface area (Å²) in [6, 6.07) is 25.1. The fourth-order valence-corrected chi connectivity index (χ4v) is 4.36. The van der Waals surface area contributed by atoms with E-state index >= 15 is 0 Å². The highest BCUT2D eigenvalue weighted by atomic mass is 32.2. The lowest BCUT2D eigenvalue weighted by Gasteiger charge is -2.11. The molecule has 0 aliphatic carbocycles. The van der Waals surface area contributed by atoms with Gasteiger partial charge in [-0.3, -0.25) is 9.20 Å².